The summed E-state index contributed by atoms with van der Waals surface area (Å²) in [5.74, 6) is -0.864. The lowest BCUT2D eigenvalue weighted by atomic mass is 10.1. The molecule has 0 aliphatic rings. The topological polar surface area (TPSA) is 87.3 Å². The molecule has 4 rings (SSSR count). The van der Waals surface area contributed by atoms with E-state index in [1.807, 2.05) is 37.3 Å². The van der Waals surface area contributed by atoms with Gasteiger partial charge < -0.3 is 16.0 Å². The molecule has 0 aliphatic heterocycles. The third-order valence-electron chi connectivity index (χ3n) is 5.70. The molecular weight excluding hydrogens is 565 g/mol. The highest BCUT2D eigenvalue weighted by Crippen LogP contribution is 2.26. The Morgan fingerprint density at radius 2 is 1.45 bits per heavy atom. The van der Waals surface area contributed by atoms with E-state index in [9.17, 15) is 14.4 Å². The summed E-state index contributed by atoms with van der Waals surface area (Å²) in [5, 5.41) is 9.14. The summed E-state index contributed by atoms with van der Waals surface area (Å²) < 4.78 is 0. The summed E-state index contributed by atoms with van der Waals surface area (Å²) in [6.45, 7) is 1.93. The molecule has 4 aromatic carbocycles. The van der Waals surface area contributed by atoms with Gasteiger partial charge in [-0.3, -0.25) is 14.4 Å². The second-order valence-corrected chi connectivity index (χ2v) is 10.5. The zero-order chi connectivity index (χ0) is 28.5. The number of benzene rings is 4. The summed E-state index contributed by atoms with van der Waals surface area (Å²) in [4.78, 5) is 39.2. The van der Waals surface area contributed by atoms with Gasteiger partial charge >= 0.3 is 0 Å². The van der Waals surface area contributed by atoms with E-state index < -0.39 is 5.91 Å². The van der Waals surface area contributed by atoms with E-state index in [-0.39, 0.29) is 23.3 Å². The van der Waals surface area contributed by atoms with Gasteiger partial charge in [-0.25, -0.2) is 0 Å². The monoisotopic (exact) mass is 589 g/mol. The molecule has 0 atom stereocenters. The van der Waals surface area contributed by atoms with Crippen LogP contribution in [0.25, 0.3) is 6.08 Å². The van der Waals surface area contributed by atoms with Crippen LogP contribution in [-0.4, -0.2) is 23.5 Å². The third-order valence-corrected chi connectivity index (χ3v) is 7.45. The number of nitrogens with one attached hydrogen (secondary N) is 3. The number of anilines is 2. The van der Waals surface area contributed by atoms with E-state index in [2.05, 4.69) is 16.0 Å². The zero-order valence-corrected chi connectivity index (χ0v) is 23.7. The van der Waals surface area contributed by atoms with Crippen LogP contribution in [-0.2, 0) is 9.59 Å². The number of amides is 3. The van der Waals surface area contributed by atoms with Gasteiger partial charge in [0.15, 0.2) is 0 Å². The molecule has 9 heteroatoms. The van der Waals surface area contributed by atoms with Crippen LogP contribution in [0.3, 0.4) is 0 Å². The molecule has 0 aromatic heterocycles. The Morgan fingerprint density at radius 1 is 0.775 bits per heavy atom. The van der Waals surface area contributed by atoms with Crippen LogP contribution >= 0.6 is 35.0 Å². The lowest BCUT2D eigenvalue weighted by Crippen LogP contribution is -2.30. The summed E-state index contributed by atoms with van der Waals surface area (Å²) in [5.41, 5.74) is 3.43. The predicted molar refractivity (Wildman–Crippen MR) is 164 cm³/mol. The fourth-order valence-electron chi connectivity index (χ4n) is 3.60. The van der Waals surface area contributed by atoms with Crippen molar-refractivity contribution in [1.82, 2.24) is 5.32 Å². The van der Waals surface area contributed by atoms with Crippen molar-refractivity contribution in [2.75, 3.05) is 16.4 Å². The van der Waals surface area contributed by atoms with Gasteiger partial charge in [-0.05, 0) is 78.7 Å². The van der Waals surface area contributed by atoms with Crippen molar-refractivity contribution in [3.05, 3.63) is 129 Å². The van der Waals surface area contributed by atoms with E-state index in [1.165, 1.54) is 11.8 Å². The summed E-state index contributed by atoms with van der Waals surface area (Å²) in [6, 6.07) is 28.3. The van der Waals surface area contributed by atoms with Gasteiger partial charge in [0.05, 0.1) is 15.8 Å². The fraction of sp³-hybridized carbons (Fsp3) is 0.0645. The van der Waals surface area contributed by atoms with Gasteiger partial charge in [0.1, 0.15) is 5.70 Å². The van der Waals surface area contributed by atoms with Crippen LogP contribution in [0.5, 0.6) is 0 Å². The molecular formula is C31H25Cl2N3O3S. The average molecular weight is 591 g/mol. The number of thioether (sulfide) groups is 1. The van der Waals surface area contributed by atoms with Crippen LogP contribution in [0.15, 0.2) is 108 Å². The first kappa shape index (κ1) is 29.0. The fourth-order valence-corrected chi connectivity index (χ4v) is 4.60. The summed E-state index contributed by atoms with van der Waals surface area (Å²) in [7, 11) is 0. The number of halogens is 2. The highest BCUT2D eigenvalue weighted by atomic mass is 35.5. The first-order chi connectivity index (χ1) is 19.3. The molecule has 202 valence electrons. The second kappa shape index (κ2) is 13.8. The molecule has 0 spiro atoms. The minimum atomic E-state index is -0.464. The number of hydrogen-bond acceptors (Lipinski definition) is 4. The first-order valence-corrected chi connectivity index (χ1v) is 14.0. The summed E-state index contributed by atoms with van der Waals surface area (Å²) in [6.07, 6.45) is 1.65. The molecule has 3 amide bonds. The van der Waals surface area contributed by atoms with E-state index in [0.29, 0.717) is 27.0 Å². The maximum Gasteiger partial charge on any atom is 0.272 e. The molecule has 0 saturated carbocycles. The van der Waals surface area contributed by atoms with Gasteiger partial charge in [-0.2, -0.15) is 0 Å². The normalized spacial score (nSPS) is 11.0. The van der Waals surface area contributed by atoms with Gasteiger partial charge in [0.2, 0.25) is 5.91 Å². The number of carbonyl (C=O) groups is 3. The molecule has 6 nitrogen and oxygen atoms in total. The van der Waals surface area contributed by atoms with Crippen LogP contribution < -0.4 is 16.0 Å². The Morgan fingerprint density at radius 3 is 2.15 bits per heavy atom. The molecule has 40 heavy (non-hydrogen) atoms. The van der Waals surface area contributed by atoms with E-state index in [4.69, 9.17) is 23.2 Å². The van der Waals surface area contributed by atoms with Crippen molar-refractivity contribution in [1.29, 1.82) is 0 Å². The minimum Gasteiger partial charge on any atom is -0.325 e. The highest BCUT2D eigenvalue weighted by molar-refractivity contribution is 8.00. The van der Waals surface area contributed by atoms with Gasteiger partial charge in [-0.1, -0.05) is 65.7 Å². The quantitative estimate of drug-likeness (QED) is 0.140. The van der Waals surface area contributed by atoms with Gasteiger partial charge in [0, 0.05) is 21.8 Å². The largest absolute Gasteiger partial charge is 0.325 e. The summed E-state index contributed by atoms with van der Waals surface area (Å²) >= 11 is 13.3. The van der Waals surface area contributed by atoms with Crippen molar-refractivity contribution in [2.24, 2.45) is 0 Å². The Bertz CT molecular complexity index is 1560. The van der Waals surface area contributed by atoms with Crippen molar-refractivity contribution in [3.63, 3.8) is 0 Å². The van der Waals surface area contributed by atoms with Crippen molar-refractivity contribution < 1.29 is 14.4 Å². The Hall–Kier alpha value is -4.04. The van der Waals surface area contributed by atoms with Crippen molar-refractivity contribution >= 4 is 70.1 Å². The first-order valence-electron chi connectivity index (χ1n) is 12.2. The standard InChI is InChI=1S/C31H25Cl2N3O3S/c1-20-7-5-6-10-22(20)17-28(36-30(38)21-8-3-2-4-9-21)31(39)35-23-11-14-25(15-12-23)40-19-29(37)34-24-13-16-26(32)27(33)18-24/h2-18H,19H2,1H3,(H,34,37)(H,35,39)(H,36,38)/b28-17-. The Kier molecular flexibility index (Phi) is 10.0. The van der Waals surface area contributed by atoms with E-state index in [0.717, 1.165) is 16.0 Å². The third kappa shape index (κ3) is 8.23. The number of carbonyl (C=O) groups excluding carboxylic acids is 3. The molecule has 0 fully saturated rings. The lowest BCUT2D eigenvalue weighted by Gasteiger charge is -2.12. The number of rotatable bonds is 9. The molecule has 4 aromatic rings. The Balaban J connectivity index is 1.40. The molecule has 0 aliphatic carbocycles. The smallest absolute Gasteiger partial charge is 0.272 e. The van der Waals surface area contributed by atoms with Crippen LogP contribution in [0.2, 0.25) is 10.0 Å². The zero-order valence-electron chi connectivity index (χ0n) is 21.4. The molecule has 0 saturated heterocycles. The molecule has 3 N–H and O–H groups in total. The molecule has 0 radical (unpaired) electrons. The van der Waals surface area contributed by atoms with Crippen LogP contribution in [0.4, 0.5) is 11.4 Å². The molecule has 0 heterocycles. The van der Waals surface area contributed by atoms with Gasteiger partial charge in [0.25, 0.3) is 11.8 Å². The highest BCUT2D eigenvalue weighted by Gasteiger charge is 2.16. The molecule has 0 bridgehead atoms. The maximum absolute atomic E-state index is 13.2. The van der Waals surface area contributed by atoms with Crippen LogP contribution in [0, 0.1) is 6.92 Å². The van der Waals surface area contributed by atoms with E-state index >= 15 is 0 Å². The average Bonchev–Trinajstić information content (AvgIpc) is 2.96. The van der Waals surface area contributed by atoms with Crippen LogP contribution in [0.1, 0.15) is 21.5 Å². The second-order valence-electron chi connectivity index (χ2n) is 8.68. The van der Waals surface area contributed by atoms with Gasteiger partial charge in [-0.15, -0.1) is 11.8 Å². The predicted octanol–water partition coefficient (Wildman–Crippen LogP) is 7.44. The SMILES string of the molecule is Cc1ccccc1/C=C(\NC(=O)c1ccccc1)C(=O)Nc1ccc(SCC(=O)Nc2ccc(Cl)c(Cl)c2)cc1. The van der Waals surface area contributed by atoms with E-state index in [1.54, 1.807) is 72.8 Å². The number of aryl methyl sites for hydroxylation is 1. The minimum absolute atomic E-state index is 0.112. The van der Waals surface area contributed by atoms with Crippen molar-refractivity contribution in [2.45, 2.75) is 11.8 Å². The lowest BCUT2D eigenvalue weighted by molar-refractivity contribution is -0.114. The van der Waals surface area contributed by atoms with Crippen molar-refractivity contribution in [3.8, 4) is 0 Å². The number of hydrogen-bond donors (Lipinski definition) is 3. The molecule has 0 unspecified atom stereocenters. The Labute approximate surface area is 246 Å². The maximum atomic E-state index is 13.2.